The van der Waals surface area contributed by atoms with Crippen LogP contribution in [0.15, 0.2) is 61.1 Å². The molecule has 1 amide bonds. The summed E-state index contributed by atoms with van der Waals surface area (Å²) in [4.78, 5) is 38.1. The summed E-state index contributed by atoms with van der Waals surface area (Å²) in [5.74, 6) is -1.77. The fourth-order valence-electron chi connectivity index (χ4n) is 3.99. The number of carboxylic acid groups (broad SMARTS) is 1. The fourth-order valence-corrected chi connectivity index (χ4v) is 3.99. The molecule has 2 aromatic heterocycles. The van der Waals surface area contributed by atoms with Gasteiger partial charge in [0.2, 0.25) is 5.91 Å². The second kappa shape index (κ2) is 11.2. The third-order valence-electron chi connectivity index (χ3n) is 6.10. The predicted molar refractivity (Wildman–Crippen MR) is 128 cm³/mol. The first-order valence-corrected chi connectivity index (χ1v) is 11.3. The Morgan fingerprint density at radius 2 is 1.69 bits per heavy atom. The van der Waals surface area contributed by atoms with Gasteiger partial charge in [-0.1, -0.05) is 37.3 Å². The minimum Gasteiger partial charge on any atom is -0.475 e. The zero-order valence-electron chi connectivity index (χ0n) is 20.0. The standard InChI is InChI=1S/C23H27N5O.C2HF3O2/c1-23(10-14-28(15-11-23)19-8-12-24-13-9-19)22(29)27(2)17-21-25-16-20(26-21)18-6-4-3-5-7-18;3-2(4,5)1(6)7/h3-9,12-13,16H,10-11,14-15,17H2,1-2H3,(H,25,26);(H,6,7). The molecule has 1 aliphatic rings. The minimum absolute atomic E-state index is 0.185. The number of aliphatic carboxylic acids is 1. The number of amides is 1. The van der Waals surface area contributed by atoms with E-state index in [1.54, 1.807) is 4.90 Å². The molecule has 1 aromatic carbocycles. The van der Waals surface area contributed by atoms with Gasteiger partial charge < -0.3 is 19.9 Å². The molecule has 0 atom stereocenters. The number of carbonyl (C=O) groups is 2. The molecule has 1 saturated heterocycles. The molecular formula is C25H28F3N5O3. The van der Waals surface area contributed by atoms with Crippen molar-refractivity contribution in [3.63, 3.8) is 0 Å². The Hall–Kier alpha value is -3.89. The van der Waals surface area contributed by atoms with Crippen molar-refractivity contribution in [2.75, 3.05) is 25.0 Å². The number of piperidine rings is 1. The highest BCUT2D eigenvalue weighted by atomic mass is 19.4. The number of halogens is 3. The number of hydrogen-bond donors (Lipinski definition) is 2. The Bertz CT molecular complexity index is 1140. The van der Waals surface area contributed by atoms with E-state index in [0.29, 0.717) is 6.54 Å². The lowest BCUT2D eigenvalue weighted by molar-refractivity contribution is -0.192. The Morgan fingerprint density at radius 1 is 1.11 bits per heavy atom. The molecule has 0 radical (unpaired) electrons. The average Bonchev–Trinajstić information content (AvgIpc) is 3.33. The molecule has 4 rings (SSSR count). The number of carboxylic acids is 1. The van der Waals surface area contributed by atoms with Crippen LogP contribution in [0.2, 0.25) is 0 Å². The molecule has 1 fully saturated rings. The zero-order valence-corrected chi connectivity index (χ0v) is 20.0. The summed E-state index contributed by atoms with van der Waals surface area (Å²) in [6, 6.07) is 14.1. The van der Waals surface area contributed by atoms with E-state index in [2.05, 4.69) is 26.8 Å². The highest BCUT2D eigenvalue weighted by Crippen LogP contribution is 2.34. The maximum Gasteiger partial charge on any atom is 0.490 e. The molecule has 3 heterocycles. The van der Waals surface area contributed by atoms with Gasteiger partial charge in [-0.15, -0.1) is 0 Å². The van der Waals surface area contributed by atoms with E-state index in [0.717, 1.165) is 43.0 Å². The number of anilines is 1. The summed E-state index contributed by atoms with van der Waals surface area (Å²) in [5, 5.41) is 7.12. The Kier molecular flexibility index (Phi) is 8.33. The molecule has 3 aromatic rings. The third kappa shape index (κ3) is 6.83. The smallest absolute Gasteiger partial charge is 0.475 e. The molecule has 0 saturated carbocycles. The summed E-state index contributed by atoms with van der Waals surface area (Å²) >= 11 is 0. The van der Waals surface area contributed by atoms with Crippen LogP contribution in [-0.2, 0) is 16.1 Å². The van der Waals surface area contributed by atoms with Crippen LogP contribution in [0, 0.1) is 5.41 Å². The first-order chi connectivity index (χ1) is 17.0. The molecule has 36 heavy (non-hydrogen) atoms. The van der Waals surface area contributed by atoms with Crippen molar-refractivity contribution in [2.45, 2.75) is 32.5 Å². The number of imidazole rings is 1. The lowest BCUT2D eigenvalue weighted by atomic mass is 9.79. The molecular weight excluding hydrogens is 475 g/mol. The van der Waals surface area contributed by atoms with Crippen LogP contribution >= 0.6 is 0 Å². The summed E-state index contributed by atoms with van der Waals surface area (Å²) in [6.07, 6.45) is 2.06. The number of alkyl halides is 3. The van der Waals surface area contributed by atoms with Crippen molar-refractivity contribution in [2.24, 2.45) is 5.41 Å². The highest BCUT2D eigenvalue weighted by molar-refractivity contribution is 5.82. The number of hydrogen-bond acceptors (Lipinski definition) is 5. The largest absolute Gasteiger partial charge is 0.490 e. The number of H-pyrrole nitrogens is 1. The number of aromatic nitrogens is 3. The number of nitrogens with zero attached hydrogens (tertiary/aromatic N) is 4. The quantitative estimate of drug-likeness (QED) is 0.536. The lowest BCUT2D eigenvalue weighted by Crippen LogP contribution is -2.47. The number of benzene rings is 1. The Balaban J connectivity index is 0.000000454. The maximum absolute atomic E-state index is 13.2. The molecule has 0 aliphatic carbocycles. The van der Waals surface area contributed by atoms with Crippen LogP contribution in [0.5, 0.6) is 0 Å². The minimum atomic E-state index is -5.08. The molecule has 192 valence electrons. The molecule has 1 aliphatic heterocycles. The van der Waals surface area contributed by atoms with E-state index in [1.807, 2.05) is 68.1 Å². The third-order valence-corrected chi connectivity index (χ3v) is 6.10. The van der Waals surface area contributed by atoms with Crippen LogP contribution in [-0.4, -0.2) is 63.1 Å². The van der Waals surface area contributed by atoms with Gasteiger partial charge >= 0.3 is 12.1 Å². The Labute approximate surface area is 206 Å². The van der Waals surface area contributed by atoms with Gasteiger partial charge in [-0.3, -0.25) is 9.78 Å². The van der Waals surface area contributed by atoms with Crippen molar-refractivity contribution in [3.05, 3.63) is 66.9 Å². The molecule has 8 nitrogen and oxygen atoms in total. The van der Waals surface area contributed by atoms with Gasteiger partial charge in [0, 0.05) is 43.6 Å². The second-order valence-electron chi connectivity index (χ2n) is 8.83. The molecule has 0 spiro atoms. The summed E-state index contributed by atoms with van der Waals surface area (Å²) < 4.78 is 31.7. The molecule has 2 N–H and O–H groups in total. The highest BCUT2D eigenvalue weighted by Gasteiger charge is 2.39. The SMILES string of the molecule is CN(Cc1ncc(-c2ccccc2)[nH]1)C(=O)C1(C)CCN(c2ccncc2)CC1.O=C(O)C(F)(F)F. The number of aromatic amines is 1. The number of pyridine rings is 1. The normalized spacial score (nSPS) is 15.0. The van der Waals surface area contributed by atoms with E-state index >= 15 is 0 Å². The Morgan fingerprint density at radius 3 is 2.25 bits per heavy atom. The molecule has 0 unspecified atom stereocenters. The van der Waals surface area contributed by atoms with Crippen molar-refractivity contribution in [1.29, 1.82) is 0 Å². The summed E-state index contributed by atoms with van der Waals surface area (Å²) in [5.41, 5.74) is 2.90. The van der Waals surface area contributed by atoms with Gasteiger partial charge in [0.1, 0.15) is 5.82 Å². The van der Waals surface area contributed by atoms with Gasteiger partial charge in [-0.25, -0.2) is 9.78 Å². The van der Waals surface area contributed by atoms with Crippen LogP contribution in [0.25, 0.3) is 11.3 Å². The topological polar surface area (TPSA) is 102 Å². The lowest BCUT2D eigenvalue weighted by Gasteiger charge is -2.41. The molecule has 11 heteroatoms. The summed E-state index contributed by atoms with van der Waals surface area (Å²) in [7, 11) is 1.87. The van der Waals surface area contributed by atoms with E-state index in [-0.39, 0.29) is 11.3 Å². The van der Waals surface area contributed by atoms with E-state index in [4.69, 9.17) is 9.90 Å². The van der Waals surface area contributed by atoms with Crippen LogP contribution in [0.3, 0.4) is 0 Å². The van der Waals surface area contributed by atoms with Crippen LogP contribution < -0.4 is 4.90 Å². The van der Waals surface area contributed by atoms with Crippen LogP contribution in [0.1, 0.15) is 25.6 Å². The predicted octanol–water partition coefficient (Wildman–Crippen LogP) is 4.37. The fraction of sp³-hybridized carbons (Fsp3) is 0.360. The van der Waals surface area contributed by atoms with Gasteiger partial charge in [0.05, 0.1) is 18.4 Å². The average molecular weight is 504 g/mol. The summed E-state index contributed by atoms with van der Waals surface area (Å²) in [6.45, 7) is 4.32. The van der Waals surface area contributed by atoms with E-state index in [9.17, 15) is 18.0 Å². The van der Waals surface area contributed by atoms with Gasteiger partial charge in [0.25, 0.3) is 0 Å². The maximum atomic E-state index is 13.2. The van der Waals surface area contributed by atoms with Gasteiger partial charge in [0.15, 0.2) is 0 Å². The van der Waals surface area contributed by atoms with E-state index in [1.165, 1.54) is 5.69 Å². The van der Waals surface area contributed by atoms with Gasteiger partial charge in [-0.2, -0.15) is 13.2 Å². The second-order valence-corrected chi connectivity index (χ2v) is 8.83. The first kappa shape index (κ1) is 26.7. The number of rotatable bonds is 5. The monoisotopic (exact) mass is 503 g/mol. The van der Waals surface area contributed by atoms with E-state index < -0.39 is 12.1 Å². The number of nitrogens with one attached hydrogen (secondary N) is 1. The van der Waals surface area contributed by atoms with Crippen molar-refractivity contribution in [3.8, 4) is 11.3 Å². The van der Waals surface area contributed by atoms with Crippen molar-refractivity contribution in [1.82, 2.24) is 19.9 Å². The first-order valence-electron chi connectivity index (χ1n) is 11.3. The number of carbonyl (C=O) groups excluding carboxylic acids is 1. The van der Waals surface area contributed by atoms with Crippen LogP contribution in [0.4, 0.5) is 18.9 Å². The zero-order chi connectivity index (χ0) is 26.3. The van der Waals surface area contributed by atoms with Gasteiger partial charge in [-0.05, 0) is 30.5 Å². The van der Waals surface area contributed by atoms with Crippen molar-refractivity contribution < 1.29 is 27.9 Å². The van der Waals surface area contributed by atoms with Crippen molar-refractivity contribution >= 4 is 17.6 Å². The molecule has 0 bridgehead atoms.